The molecule has 2 amide bonds. The van der Waals surface area contributed by atoms with Crippen LogP contribution in [0.1, 0.15) is 51.1 Å². The second kappa shape index (κ2) is 8.25. The first-order valence-electron chi connectivity index (χ1n) is 10.1. The zero-order chi connectivity index (χ0) is 22.1. The van der Waals surface area contributed by atoms with Crippen LogP contribution in [0.2, 0.25) is 0 Å². The number of piperidine rings is 1. The fourth-order valence-corrected chi connectivity index (χ4v) is 3.92. The molecule has 0 spiro atoms. The maximum absolute atomic E-state index is 13.2. The molecule has 1 fully saturated rings. The number of benzene rings is 1. The second-order valence-electron chi connectivity index (χ2n) is 7.73. The molecule has 1 saturated heterocycles. The Labute approximate surface area is 178 Å². The van der Waals surface area contributed by atoms with E-state index in [1.54, 1.807) is 41.8 Å². The molecule has 8 nitrogen and oxygen atoms in total. The number of carbonyl (C=O) groups excluding carboxylic acids is 2. The highest BCUT2D eigenvalue weighted by Gasteiger charge is 2.29. The molecule has 3 aromatic rings. The zero-order valence-corrected chi connectivity index (χ0v) is 17.4. The minimum Gasteiger partial charge on any atom is -0.365 e. The monoisotopic (exact) mass is 422 g/mol. The Hall–Kier alpha value is -3.62. The van der Waals surface area contributed by atoms with Crippen LogP contribution in [0.15, 0.2) is 36.5 Å². The molecule has 3 heterocycles. The van der Waals surface area contributed by atoms with Gasteiger partial charge in [0.05, 0.1) is 17.0 Å². The van der Waals surface area contributed by atoms with Gasteiger partial charge < -0.3 is 10.6 Å². The molecule has 0 unspecified atom stereocenters. The van der Waals surface area contributed by atoms with E-state index in [1.807, 2.05) is 0 Å². The molecule has 2 N–H and O–H groups in total. The smallest absolute Gasteiger partial charge is 0.274 e. The van der Waals surface area contributed by atoms with E-state index < -0.39 is 5.91 Å². The molecule has 4 rings (SSSR count). The first kappa shape index (κ1) is 20.6. The Bertz CT molecular complexity index is 1140. The van der Waals surface area contributed by atoms with Crippen LogP contribution in [0.3, 0.4) is 0 Å². The Kier molecular flexibility index (Phi) is 5.50. The van der Waals surface area contributed by atoms with Gasteiger partial charge in [0, 0.05) is 32.3 Å². The van der Waals surface area contributed by atoms with E-state index in [4.69, 9.17) is 5.73 Å². The number of hydrogen-bond donors (Lipinski definition) is 1. The Morgan fingerprint density at radius 2 is 1.97 bits per heavy atom. The number of hydrogen-bond acceptors (Lipinski definition) is 5. The van der Waals surface area contributed by atoms with Crippen LogP contribution in [-0.4, -0.2) is 49.6 Å². The molecule has 0 saturated carbocycles. The SMILES string of the molecule is Cc1nc([C@@H]2CCCN(C(=O)c3cc(-c4ccc(F)cc4)n(C)n3)C2)ncc1C(N)=O. The van der Waals surface area contributed by atoms with Gasteiger partial charge in [-0.25, -0.2) is 14.4 Å². The first-order valence-corrected chi connectivity index (χ1v) is 10.1. The molecule has 0 bridgehead atoms. The highest BCUT2D eigenvalue weighted by molar-refractivity contribution is 5.94. The molecule has 1 aromatic carbocycles. The second-order valence-corrected chi connectivity index (χ2v) is 7.73. The topological polar surface area (TPSA) is 107 Å². The predicted molar refractivity (Wildman–Crippen MR) is 112 cm³/mol. The van der Waals surface area contributed by atoms with Crippen molar-refractivity contribution in [3.05, 3.63) is 65.1 Å². The maximum Gasteiger partial charge on any atom is 0.274 e. The van der Waals surface area contributed by atoms with E-state index in [0.717, 1.165) is 24.1 Å². The number of nitrogens with two attached hydrogens (primary N) is 1. The number of amides is 2. The zero-order valence-electron chi connectivity index (χ0n) is 17.4. The number of likely N-dealkylation sites (tertiary alicyclic amines) is 1. The number of aryl methyl sites for hydroxylation is 2. The van der Waals surface area contributed by atoms with Crippen molar-refractivity contribution in [3.8, 4) is 11.3 Å². The van der Waals surface area contributed by atoms with E-state index in [-0.39, 0.29) is 17.6 Å². The summed E-state index contributed by atoms with van der Waals surface area (Å²) in [7, 11) is 1.76. The summed E-state index contributed by atoms with van der Waals surface area (Å²) < 4.78 is 14.8. The van der Waals surface area contributed by atoms with Crippen molar-refractivity contribution >= 4 is 11.8 Å². The van der Waals surface area contributed by atoms with Gasteiger partial charge in [0.2, 0.25) is 0 Å². The number of carbonyl (C=O) groups is 2. The third-order valence-corrected chi connectivity index (χ3v) is 5.58. The first-order chi connectivity index (χ1) is 14.8. The lowest BCUT2D eigenvalue weighted by Crippen LogP contribution is -2.39. The van der Waals surface area contributed by atoms with Gasteiger partial charge in [-0.1, -0.05) is 0 Å². The largest absolute Gasteiger partial charge is 0.365 e. The van der Waals surface area contributed by atoms with Gasteiger partial charge in [0.1, 0.15) is 11.6 Å². The van der Waals surface area contributed by atoms with Gasteiger partial charge in [-0.2, -0.15) is 5.10 Å². The number of halogens is 1. The van der Waals surface area contributed by atoms with Crippen LogP contribution in [0, 0.1) is 12.7 Å². The number of rotatable bonds is 4. The van der Waals surface area contributed by atoms with E-state index in [2.05, 4.69) is 15.1 Å². The van der Waals surface area contributed by atoms with Crippen LogP contribution in [0.25, 0.3) is 11.3 Å². The summed E-state index contributed by atoms with van der Waals surface area (Å²) in [6.07, 6.45) is 3.12. The number of nitrogens with zero attached hydrogens (tertiary/aromatic N) is 5. The average molecular weight is 422 g/mol. The molecule has 1 aliphatic heterocycles. The van der Waals surface area contributed by atoms with Crippen molar-refractivity contribution in [1.82, 2.24) is 24.6 Å². The minimum absolute atomic E-state index is 0.0291. The molecule has 9 heteroatoms. The van der Waals surface area contributed by atoms with Crippen LogP contribution in [0.5, 0.6) is 0 Å². The standard InChI is InChI=1S/C22H23FN6O2/c1-13-17(20(24)30)11-25-21(26-13)15-4-3-9-29(12-15)22(31)18-10-19(28(2)27-18)14-5-7-16(23)8-6-14/h5-8,10-11,15H,3-4,9,12H2,1-2H3,(H2,24,30)/t15-/m1/s1. The quantitative estimate of drug-likeness (QED) is 0.695. The molecular weight excluding hydrogens is 399 g/mol. The predicted octanol–water partition coefficient (Wildman–Crippen LogP) is 2.44. The van der Waals surface area contributed by atoms with Gasteiger partial charge in [-0.15, -0.1) is 0 Å². The summed E-state index contributed by atoms with van der Waals surface area (Å²) in [5.41, 5.74) is 8.02. The molecule has 31 heavy (non-hydrogen) atoms. The van der Waals surface area contributed by atoms with Crippen LogP contribution >= 0.6 is 0 Å². The normalized spacial score (nSPS) is 16.4. The molecule has 1 atom stereocenters. The highest BCUT2D eigenvalue weighted by Crippen LogP contribution is 2.27. The number of primary amides is 1. The fourth-order valence-electron chi connectivity index (χ4n) is 3.92. The van der Waals surface area contributed by atoms with E-state index in [0.29, 0.717) is 35.9 Å². The van der Waals surface area contributed by atoms with Crippen molar-refractivity contribution < 1.29 is 14.0 Å². The lowest BCUT2D eigenvalue weighted by atomic mass is 9.96. The molecule has 160 valence electrons. The lowest BCUT2D eigenvalue weighted by molar-refractivity contribution is 0.0697. The average Bonchev–Trinajstić information content (AvgIpc) is 3.15. The van der Waals surface area contributed by atoms with E-state index >= 15 is 0 Å². The summed E-state index contributed by atoms with van der Waals surface area (Å²) >= 11 is 0. The van der Waals surface area contributed by atoms with Gasteiger partial charge in [-0.3, -0.25) is 14.3 Å². The van der Waals surface area contributed by atoms with Crippen molar-refractivity contribution in [2.45, 2.75) is 25.7 Å². The molecule has 0 aliphatic carbocycles. The lowest BCUT2D eigenvalue weighted by Gasteiger charge is -2.31. The summed E-state index contributed by atoms with van der Waals surface area (Å²) in [6.45, 7) is 2.81. The van der Waals surface area contributed by atoms with E-state index in [1.165, 1.54) is 18.3 Å². The van der Waals surface area contributed by atoms with Gasteiger partial charge >= 0.3 is 0 Å². The fraction of sp³-hybridized carbons (Fsp3) is 0.318. The summed E-state index contributed by atoms with van der Waals surface area (Å²) in [4.78, 5) is 35.1. The third-order valence-electron chi connectivity index (χ3n) is 5.58. The van der Waals surface area contributed by atoms with Crippen LogP contribution in [0.4, 0.5) is 4.39 Å². The molecule has 1 aliphatic rings. The van der Waals surface area contributed by atoms with Crippen LogP contribution in [-0.2, 0) is 7.05 Å². The van der Waals surface area contributed by atoms with E-state index in [9.17, 15) is 14.0 Å². The van der Waals surface area contributed by atoms with Gasteiger partial charge in [0.25, 0.3) is 11.8 Å². The van der Waals surface area contributed by atoms with Crippen LogP contribution < -0.4 is 5.73 Å². The Morgan fingerprint density at radius 1 is 1.23 bits per heavy atom. The Balaban J connectivity index is 1.53. The van der Waals surface area contributed by atoms with Crippen molar-refractivity contribution in [1.29, 1.82) is 0 Å². The molecular formula is C22H23FN6O2. The minimum atomic E-state index is -0.559. The summed E-state index contributed by atoms with van der Waals surface area (Å²) in [5.74, 6) is -0.467. The maximum atomic E-state index is 13.2. The third kappa shape index (κ3) is 4.16. The van der Waals surface area contributed by atoms with Crippen molar-refractivity contribution in [2.24, 2.45) is 12.8 Å². The van der Waals surface area contributed by atoms with Crippen molar-refractivity contribution in [3.63, 3.8) is 0 Å². The number of aromatic nitrogens is 4. The summed E-state index contributed by atoms with van der Waals surface area (Å²) in [5, 5.41) is 4.38. The molecule has 0 radical (unpaired) electrons. The summed E-state index contributed by atoms with van der Waals surface area (Å²) in [6, 6.07) is 7.80. The molecule has 2 aromatic heterocycles. The Morgan fingerprint density at radius 3 is 2.65 bits per heavy atom. The van der Waals surface area contributed by atoms with Gasteiger partial charge in [0.15, 0.2) is 5.69 Å². The van der Waals surface area contributed by atoms with Gasteiger partial charge in [-0.05, 0) is 55.7 Å². The highest BCUT2D eigenvalue weighted by atomic mass is 19.1. The van der Waals surface area contributed by atoms with Crippen molar-refractivity contribution in [2.75, 3.05) is 13.1 Å².